The fourth-order valence-corrected chi connectivity index (χ4v) is 3.39. The number of carbonyl (C=O) groups is 1. The van der Waals surface area contributed by atoms with E-state index in [2.05, 4.69) is 30.8 Å². The predicted molar refractivity (Wildman–Crippen MR) is 103 cm³/mol. The normalized spacial score (nSPS) is 11.6. The van der Waals surface area contributed by atoms with E-state index < -0.39 is 11.9 Å². The van der Waals surface area contributed by atoms with Crippen molar-refractivity contribution in [3.63, 3.8) is 0 Å². The predicted octanol–water partition coefficient (Wildman–Crippen LogP) is 4.74. The van der Waals surface area contributed by atoms with Crippen molar-refractivity contribution in [1.82, 2.24) is 20.2 Å². The Bertz CT molecular complexity index is 1200. The van der Waals surface area contributed by atoms with E-state index in [1.165, 1.54) is 18.3 Å². The molecule has 7 nitrogen and oxygen atoms in total. The first kappa shape index (κ1) is 18.9. The van der Waals surface area contributed by atoms with Crippen LogP contribution in [0.25, 0.3) is 10.9 Å². The van der Waals surface area contributed by atoms with Gasteiger partial charge in [-0.15, -0.1) is 0 Å². The Balaban J connectivity index is 1.52. The van der Waals surface area contributed by atoms with Gasteiger partial charge in [0.25, 0.3) is 5.91 Å². The lowest BCUT2D eigenvalue weighted by Gasteiger charge is -2.08. The first-order chi connectivity index (χ1) is 13.8. The first-order valence-corrected chi connectivity index (χ1v) is 9.14. The molecule has 0 atom stereocenters. The molecule has 3 heterocycles. The maximum Gasteiger partial charge on any atom is 0.433 e. The Morgan fingerprint density at radius 3 is 2.79 bits per heavy atom. The summed E-state index contributed by atoms with van der Waals surface area (Å²) >= 11 is 1.00. The molecule has 11 heteroatoms. The van der Waals surface area contributed by atoms with Crippen molar-refractivity contribution in [3.05, 3.63) is 58.9 Å². The highest BCUT2D eigenvalue weighted by molar-refractivity contribution is 7.17. The van der Waals surface area contributed by atoms with Gasteiger partial charge in [-0.3, -0.25) is 9.89 Å². The smallest absolute Gasteiger partial charge is 0.320 e. The van der Waals surface area contributed by atoms with Gasteiger partial charge in [-0.1, -0.05) is 23.5 Å². The van der Waals surface area contributed by atoms with Crippen LogP contribution in [0.4, 0.5) is 29.8 Å². The molecule has 0 spiro atoms. The lowest BCUT2D eigenvalue weighted by Crippen LogP contribution is -2.11. The number of aromatic nitrogens is 4. The van der Waals surface area contributed by atoms with E-state index in [0.717, 1.165) is 33.9 Å². The molecule has 0 fully saturated rings. The molecule has 3 N–H and O–H groups in total. The number of aromatic amines is 1. The second-order valence-corrected chi connectivity index (χ2v) is 7.13. The number of carbonyl (C=O) groups excluding carboxylic acids is 1. The molecule has 148 valence electrons. The molecule has 29 heavy (non-hydrogen) atoms. The molecule has 3 aromatic heterocycles. The largest absolute Gasteiger partial charge is 0.433 e. The minimum atomic E-state index is -4.54. The number of nitrogens with one attached hydrogen (secondary N) is 3. The zero-order valence-corrected chi connectivity index (χ0v) is 15.6. The van der Waals surface area contributed by atoms with Crippen LogP contribution in [0.2, 0.25) is 0 Å². The molecule has 1 aromatic carbocycles. The quantitative estimate of drug-likeness (QED) is 0.445. The molecule has 0 aliphatic heterocycles. The third-order valence-electron chi connectivity index (χ3n) is 4.08. The fourth-order valence-electron chi connectivity index (χ4n) is 2.68. The number of benzene rings is 1. The topological polar surface area (TPSA) is 95.6 Å². The van der Waals surface area contributed by atoms with Gasteiger partial charge < -0.3 is 10.6 Å². The minimum absolute atomic E-state index is 0.0138. The van der Waals surface area contributed by atoms with Gasteiger partial charge >= 0.3 is 6.18 Å². The lowest BCUT2D eigenvalue weighted by molar-refractivity contribution is -0.141. The third kappa shape index (κ3) is 3.90. The van der Waals surface area contributed by atoms with Crippen LogP contribution < -0.4 is 10.6 Å². The van der Waals surface area contributed by atoms with Crippen molar-refractivity contribution < 1.29 is 18.0 Å². The minimum Gasteiger partial charge on any atom is -0.320 e. The van der Waals surface area contributed by atoms with Crippen molar-refractivity contribution in [2.24, 2.45) is 0 Å². The Hall–Kier alpha value is -3.47. The van der Waals surface area contributed by atoms with Gasteiger partial charge in [-0.2, -0.15) is 18.3 Å². The molecule has 0 aliphatic rings. The van der Waals surface area contributed by atoms with Crippen LogP contribution in [-0.4, -0.2) is 26.1 Å². The number of H-pyrrole nitrogens is 1. The number of thiazole rings is 1. The van der Waals surface area contributed by atoms with Gasteiger partial charge in [-0.25, -0.2) is 9.97 Å². The molecular weight excluding hydrogens is 405 g/mol. The molecule has 0 unspecified atom stereocenters. The van der Waals surface area contributed by atoms with E-state index in [1.807, 2.05) is 19.1 Å². The number of amides is 1. The second-order valence-electron chi connectivity index (χ2n) is 6.10. The Kier molecular flexibility index (Phi) is 4.66. The lowest BCUT2D eigenvalue weighted by atomic mass is 10.1. The Morgan fingerprint density at radius 1 is 1.17 bits per heavy atom. The maximum absolute atomic E-state index is 12.8. The molecule has 0 bridgehead atoms. The highest BCUT2D eigenvalue weighted by Crippen LogP contribution is 2.30. The van der Waals surface area contributed by atoms with Crippen molar-refractivity contribution >= 4 is 44.8 Å². The van der Waals surface area contributed by atoms with Crippen LogP contribution in [0.3, 0.4) is 0 Å². The summed E-state index contributed by atoms with van der Waals surface area (Å²) < 4.78 is 38.3. The number of fused-ring (bicyclic) bond motifs is 1. The molecular formula is C18H13F3N6OS. The van der Waals surface area contributed by atoms with Gasteiger partial charge in [-0.05, 0) is 30.7 Å². The summed E-state index contributed by atoms with van der Waals surface area (Å²) in [4.78, 5) is 20.5. The standard InChI is InChI=1S/C18H13F3N6OS/c1-9-5-6-11-10(7-23-27-11)15(9)26-16(28)12-8-22-17(29-12)25-14-4-2-3-13(24-14)18(19,20)21/h2-8H,1H3,(H,23,27)(H,26,28)(H,22,24,25). The third-order valence-corrected chi connectivity index (χ3v) is 4.99. The van der Waals surface area contributed by atoms with Crippen molar-refractivity contribution in [2.45, 2.75) is 13.1 Å². The average Bonchev–Trinajstić information content (AvgIpc) is 3.33. The van der Waals surface area contributed by atoms with Gasteiger partial charge in [0.05, 0.1) is 23.6 Å². The van der Waals surface area contributed by atoms with Crippen LogP contribution in [0.5, 0.6) is 0 Å². The van der Waals surface area contributed by atoms with Crippen LogP contribution >= 0.6 is 11.3 Å². The van der Waals surface area contributed by atoms with Crippen LogP contribution in [0, 0.1) is 6.92 Å². The highest BCUT2D eigenvalue weighted by Gasteiger charge is 2.32. The summed E-state index contributed by atoms with van der Waals surface area (Å²) in [6, 6.07) is 7.23. The number of hydrogen-bond acceptors (Lipinski definition) is 6. The number of aryl methyl sites for hydroxylation is 1. The number of hydrogen-bond donors (Lipinski definition) is 3. The highest BCUT2D eigenvalue weighted by atomic mass is 32.1. The van der Waals surface area contributed by atoms with Crippen molar-refractivity contribution in [1.29, 1.82) is 0 Å². The molecule has 0 saturated carbocycles. The first-order valence-electron chi connectivity index (χ1n) is 8.32. The van der Waals surface area contributed by atoms with E-state index in [-0.39, 0.29) is 16.9 Å². The zero-order valence-electron chi connectivity index (χ0n) is 14.8. The molecule has 0 saturated heterocycles. The van der Waals surface area contributed by atoms with E-state index >= 15 is 0 Å². The fraction of sp³-hybridized carbons (Fsp3) is 0.111. The van der Waals surface area contributed by atoms with E-state index in [9.17, 15) is 18.0 Å². The SMILES string of the molecule is Cc1ccc2[nH]ncc2c1NC(=O)c1cnc(Nc2cccc(C(F)(F)F)n2)s1. The monoisotopic (exact) mass is 418 g/mol. The van der Waals surface area contributed by atoms with Crippen LogP contribution in [-0.2, 0) is 6.18 Å². The second kappa shape index (κ2) is 7.17. The van der Waals surface area contributed by atoms with E-state index in [4.69, 9.17) is 0 Å². The molecule has 4 aromatic rings. The zero-order chi connectivity index (χ0) is 20.6. The summed E-state index contributed by atoms with van der Waals surface area (Å²) in [5, 5.41) is 13.4. The van der Waals surface area contributed by atoms with Gasteiger partial charge in [0.1, 0.15) is 16.4 Å². The number of anilines is 3. The molecule has 1 amide bonds. The van der Waals surface area contributed by atoms with E-state index in [1.54, 1.807) is 6.20 Å². The Labute approximate surface area is 166 Å². The molecule has 0 aliphatic carbocycles. The maximum atomic E-state index is 12.8. The van der Waals surface area contributed by atoms with Gasteiger partial charge in [0.2, 0.25) is 0 Å². The number of pyridine rings is 1. The number of nitrogens with zero attached hydrogens (tertiary/aromatic N) is 3. The van der Waals surface area contributed by atoms with E-state index in [0.29, 0.717) is 10.6 Å². The number of halogens is 3. The summed E-state index contributed by atoms with van der Waals surface area (Å²) in [5.41, 5.74) is 1.26. The Morgan fingerprint density at radius 2 is 2.00 bits per heavy atom. The number of rotatable bonds is 4. The van der Waals surface area contributed by atoms with Crippen LogP contribution in [0.15, 0.2) is 42.7 Å². The molecule has 4 rings (SSSR count). The van der Waals surface area contributed by atoms with Gasteiger partial charge in [0.15, 0.2) is 5.13 Å². The van der Waals surface area contributed by atoms with Crippen molar-refractivity contribution in [2.75, 3.05) is 10.6 Å². The molecule has 0 radical (unpaired) electrons. The van der Waals surface area contributed by atoms with Gasteiger partial charge in [0, 0.05) is 5.39 Å². The summed E-state index contributed by atoms with van der Waals surface area (Å²) in [6.45, 7) is 1.86. The van der Waals surface area contributed by atoms with Crippen molar-refractivity contribution in [3.8, 4) is 0 Å². The summed E-state index contributed by atoms with van der Waals surface area (Å²) in [7, 11) is 0. The van der Waals surface area contributed by atoms with Crippen LogP contribution in [0.1, 0.15) is 20.9 Å². The summed E-state index contributed by atoms with van der Waals surface area (Å²) in [6.07, 6.45) is -1.57. The summed E-state index contributed by atoms with van der Waals surface area (Å²) in [5.74, 6) is -0.399. The number of alkyl halides is 3. The average molecular weight is 418 g/mol.